The largest absolute Gasteiger partial charge is 0.505 e. The zero-order chi connectivity index (χ0) is 25.9. The first kappa shape index (κ1) is 24.7. The quantitative estimate of drug-likeness (QED) is 0.133. The van der Waals surface area contributed by atoms with Gasteiger partial charge >= 0.3 is 5.91 Å². The fraction of sp³-hybridized carbons (Fsp3) is 0.286. The normalized spacial score (nSPS) is 17.1. The first-order chi connectivity index (χ1) is 18.0. The number of Topliss-reactive ketones (excluding diaryl/α,β-unsaturated/α-hetero) is 1. The van der Waals surface area contributed by atoms with Gasteiger partial charge in [0.1, 0.15) is 17.1 Å². The van der Waals surface area contributed by atoms with Crippen LogP contribution in [0.1, 0.15) is 55.6 Å². The van der Waals surface area contributed by atoms with Crippen LogP contribution in [0.3, 0.4) is 0 Å². The molecule has 4 aromatic rings. The predicted molar refractivity (Wildman–Crippen MR) is 143 cm³/mol. The van der Waals surface area contributed by atoms with Gasteiger partial charge in [-0.1, -0.05) is 44.4 Å². The lowest BCUT2D eigenvalue weighted by atomic mass is 9.96. The van der Waals surface area contributed by atoms with Gasteiger partial charge in [0.05, 0.1) is 23.9 Å². The second-order valence-electron chi connectivity index (χ2n) is 8.94. The van der Waals surface area contributed by atoms with Gasteiger partial charge in [0.2, 0.25) is 0 Å². The molecule has 0 spiro atoms. The Bertz CT molecular complexity index is 1460. The number of carbonyl (C=O) groups is 2. The number of amides is 1. The molecule has 190 valence electrons. The molecule has 37 heavy (non-hydrogen) atoms. The highest BCUT2D eigenvalue weighted by molar-refractivity contribution is 7.14. The van der Waals surface area contributed by atoms with Crippen molar-refractivity contribution >= 4 is 39.6 Å². The number of benzene rings is 1. The average molecular weight is 517 g/mol. The Hall–Kier alpha value is -3.98. The van der Waals surface area contributed by atoms with Gasteiger partial charge in [-0.25, -0.2) is 9.97 Å². The van der Waals surface area contributed by atoms with Crippen LogP contribution in [0.2, 0.25) is 0 Å². The Morgan fingerprint density at radius 3 is 2.65 bits per heavy atom. The number of fused-ring (bicyclic) bond motifs is 1. The van der Waals surface area contributed by atoms with Gasteiger partial charge in [-0.05, 0) is 43.2 Å². The van der Waals surface area contributed by atoms with Crippen LogP contribution < -0.4 is 9.64 Å². The number of aliphatic hydroxyl groups is 1. The summed E-state index contributed by atoms with van der Waals surface area (Å²) in [4.78, 5) is 36.8. The second-order valence-corrected chi connectivity index (χ2v) is 9.81. The lowest BCUT2D eigenvalue weighted by molar-refractivity contribution is -0.132. The van der Waals surface area contributed by atoms with Crippen LogP contribution in [0.15, 0.2) is 65.8 Å². The number of pyridine rings is 1. The Balaban J connectivity index is 1.57. The van der Waals surface area contributed by atoms with E-state index in [2.05, 4.69) is 16.9 Å². The smallest absolute Gasteiger partial charge is 0.301 e. The minimum atomic E-state index is -0.849. The van der Waals surface area contributed by atoms with Crippen molar-refractivity contribution in [1.29, 1.82) is 0 Å². The van der Waals surface area contributed by atoms with Crippen molar-refractivity contribution in [3.63, 3.8) is 0 Å². The van der Waals surface area contributed by atoms with Gasteiger partial charge in [0, 0.05) is 17.8 Å². The molecule has 1 N–H and O–H groups in total. The van der Waals surface area contributed by atoms with Crippen LogP contribution >= 0.6 is 11.3 Å². The highest BCUT2D eigenvalue weighted by Crippen LogP contribution is 2.43. The van der Waals surface area contributed by atoms with Crippen molar-refractivity contribution in [3.05, 3.63) is 82.8 Å². The van der Waals surface area contributed by atoms with Crippen molar-refractivity contribution < 1.29 is 19.4 Å². The fourth-order valence-corrected chi connectivity index (χ4v) is 5.34. The molecule has 0 bridgehead atoms. The molecule has 1 saturated heterocycles. The number of thiazole rings is 1. The van der Waals surface area contributed by atoms with E-state index in [1.54, 1.807) is 29.1 Å². The molecule has 1 aromatic carbocycles. The van der Waals surface area contributed by atoms with Gasteiger partial charge in [-0.15, -0.1) is 11.3 Å². The van der Waals surface area contributed by atoms with Crippen molar-refractivity contribution in [1.82, 2.24) is 14.4 Å². The minimum absolute atomic E-state index is 0.00203. The number of aliphatic hydroxyl groups excluding tert-OH is 1. The molecule has 9 heteroatoms. The average Bonchev–Trinajstić information content (AvgIpc) is 3.61. The lowest BCUT2D eigenvalue weighted by Gasteiger charge is -2.23. The molecule has 1 unspecified atom stereocenters. The zero-order valence-electron chi connectivity index (χ0n) is 20.8. The van der Waals surface area contributed by atoms with E-state index >= 15 is 0 Å². The summed E-state index contributed by atoms with van der Waals surface area (Å²) in [5.74, 6) is -1.05. The van der Waals surface area contributed by atoms with Crippen LogP contribution in [-0.4, -0.2) is 37.8 Å². The number of carbonyl (C=O) groups excluding carboxylic acids is 2. The number of rotatable bonds is 9. The lowest BCUT2D eigenvalue weighted by Crippen LogP contribution is -2.29. The van der Waals surface area contributed by atoms with Crippen molar-refractivity contribution in [3.8, 4) is 5.75 Å². The maximum atomic E-state index is 13.4. The summed E-state index contributed by atoms with van der Waals surface area (Å²) >= 11 is 1.26. The molecule has 1 fully saturated rings. The van der Waals surface area contributed by atoms with E-state index in [0.717, 1.165) is 12.8 Å². The molecule has 4 heterocycles. The molecule has 1 aliphatic rings. The molecule has 0 saturated carbocycles. The first-order valence-electron chi connectivity index (χ1n) is 12.4. The Kier molecular flexibility index (Phi) is 7.05. The number of ether oxygens (including phenoxy) is 1. The molecule has 5 rings (SSSR count). The summed E-state index contributed by atoms with van der Waals surface area (Å²) < 4.78 is 7.59. The third kappa shape index (κ3) is 4.62. The van der Waals surface area contributed by atoms with E-state index in [9.17, 15) is 14.7 Å². The van der Waals surface area contributed by atoms with Crippen LogP contribution in [0.25, 0.3) is 11.4 Å². The van der Waals surface area contributed by atoms with E-state index in [1.165, 1.54) is 29.1 Å². The number of aromatic nitrogens is 3. The van der Waals surface area contributed by atoms with E-state index < -0.39 is 17.7 Å². The summed E-state index contributed by atoms with van der Waals surface area (Å²) in [6, 6.07) is 11.9. The van der Waals surface area contributed by atoms with Gasteiger partial charge in [0.15, 0.2) is 10.9 Å². The number of unbranched alkanes of at least 4 members (excludes halogenated alkanes) is 3. The molecule has 1 amide bonds. The Morgan fingerprint density at radius 2 is 1.92 bits per heavy atom. The summed E-state index contributed by atoms with van der Waals surface area (Å²) in [6.07, 6.45) is 7.81. The molecule has 8 nitrogen and oxygen atoms in total. The molecular weight excluding hydrogens is 488 g/mol. The van der Waals surface area contributed by atoms with Crippen molar-refractivity contribution in [2.75, 3.05) is 11.5 Å². The number of nitrogens with zero attached hydrogens (tertiary/aromatic N) is 4. The number of imidazole rings is 1. The number of anilines is 1. The van der Waals surface area contributed by atoms with Gasteiger partial charge in [-0.2, -0.15) is 0 Å². The summed E-state index contributed by atoms with van der Waals surface area (Å²) in [7, 11) is 0. The molecule has 0 radical (unpaired) electrons. The topological polar surface area (TPSA) is 97.0 Å². The summed E-state index contributed by atoms with van der Waals surface area (Å²) in [6.45, 7) is 4.56. The molecular formula is C28H28N4O4S. The number of ketones is 1. The zero-order valence-corrected chi connectivity index (χ0v) is 21.6. The van der Waals surface area contributed by atoms with Crippen molar-refractivity contribution in [2.45, 2.75) is 45.6 Å². The molecule has 1 atom stereocenters. The summed E-state index contributed by atoms with van der Waals surface area (Å²) in [5.41, 5.74) is 2.23. The Labute approximate surface area is 218 Å². The van der Waals surface area contributed by atoms with Gasteiger partial charge < -0.3 is 9.84 Å². The minimum Gasteiger partial charge on any atom is -0.505 e. The maximum Gasteiger partial charge on any atom is 0.301 e. The molecule has 0 aliphatic carbocycles. The predicted octanol–water partition coefficient (Wildman–Crippen LogP) is 5.68. The monoisotopic (exact) mass is 516 g/mol. The number of hydrogen-bond acceptors (Lipinski definition) is 7. The fourth-order valence-electron chi connectivity index (χ4n) is 4.67. The number of hydrogen-bond donors (Lipinski definition) is 1. The highest BCUT2D eigenvalue weighted by atomic mass is 32.1. The van der Waals surface area contributed by atoms with E-state index in [-0.39, 0.29) is 11.3 Å². The Morgan fingerprint density at radius 1 is 1.11 bits per heavy atom. The molecule has 3 aromatic heterocycles. The van der Waals surface area contributed by atoms with E-state index in [0.29, 0.717) is 40.1 Å². The van der Waals surface area contributed by atoms with E-state index in [4.69, 9.17) is 4.74 Å². The van der Waals surface area contributed by atoms with Crippen molar-refractivity contribution in [2.24, 2.45) is 0 Å². The summed E-state index contributed by atoms with van der Waals surface area (Å²) in [5, 5.41) is 13.7. The van der Waals surface area contributed by atoms with Crippen LogP contribution in [0.4, 0.5) is 5.13 Å². The maximum absolute atomic E-state index is 13.4. The SMILES string of the molecule is CCCCCCOc1ccc(C2C(=C(O)c3c(C)nc4ccccn34)C(=O)C(=O)N2c2nccs2)cc1. The standard InChI is InChI=1S/C28H28N4O4S/c1-3-4-5-8-16-36-20-12-10-19(11-13-20)24-22(26(34)27(35)32(24)28-29-14-17-37-28)25(33)23-18(2)30-21-9-6-7-15-31(21)23/h6-7,9-15,17,24,33H,3-5,8,16H2,1-2H3. The third-order valence-corrected chi connectivity index (χ3v) is 7.23. The highest BCUT2D eigenvalue weighted by Gasteiger charge is 2.48. The van der Waals surface area contributed by atoms with Crippen LogP contribution in [0, 0.1) is 6.92 Å². The van der Waals surface area contributed by atoms with E-state index in [1.807, 2.05) is 42.5 Å². The van der Waals surface area contributed by atoms with Crippen LogP contribution in [0.5, 0.6) is 5.75 Å². The van der Waals surface area contributed by atoms with Gasteiger partial charge in [-0.3, -0.25) is 18.9 Å². The second kappa shape index (κ2) is 10.6. The molecule has 1 aliphatic heterocycles. The first-order valence-corrected chi connectivity index (χ1v) is 13.3. The third-order valence-electron chi connectivity index (χ3n) is 6.46. The van der Waals surface area contributed by atoms with Crippen LogP contribution in [-0.2, 0) is 9.59 Å². The van der Waals surface area contributed by atoms with Gasteiger partial charge in [0.25, 0.3) is 5.78 Å². The number of aryl methyl sites for hydroxylation is 1.